The van der Waals surface area contributed by atoms with E-state index in [0.29, 0.717) is 22.6 Å². The summed E-state index contributed by atoms with van der Waals surface area (Å²) in [6.07, 6.45) is 0. The molecule has 21 heavy (non-hydrogen) atoms. The van der Waals surface area contributed by atoms with Crippen LogP contribution in [0, 0.1) is 13.8 Å². The van der Waals surface area contributed by atoms with Gasteiger partial charge in [0, 0.05) is 11.1 Å². The highest BCUT2D eigenvalue weighted by molar-refractivity contribution is 6.28. The van der Waals surface area contributed by atoms with Gasteiger partial charge in [0.05, 0.1) is 11.6 Å². The molecule has 108 valence electrons. The molecule has 0 spiro atoms. The number of alkyl halides is 1. The summed E-state index contributed by atoms with van der Waals surface area (Å²) in [6.45, 7) is 4.02. The third-order valence-corrected chi connectivity index (χ3v) is 3.56. The number of benzene rings is 2. The minimum atomic E-state index is -0.0282. The van der Waals surface area contributed by atoms with Crippen LogP contribution in [0.4, 0.5) is 5.69 Å². The Morgan fingerprint density at radius 3 is 2.48 bits per heavy atom. The molecule has 0 unspecified atom stereocenters. The van der Waals surface area contributed by atoms with Gasteiger partial charge in [-0.3, -0.25) is 4.79 Å². The van der Waals surface area contributed by atoms with Crippen LogP contribution in [-0.4, -0.2) is 17.5 Å². The molecule has 2 aromatic rings. The lowest BCUT2D eigenvalue weighted by atomic mass is 9.99. The van der Waals surface area contributed by atoms with E-state index in [1.165, 1.54) is 5.56 Å². The van der Waals surface area contributed by atoms with E-state index in [9.17, 15) is 4.79 Å². The first-order valence-electron chi connectivity index (χ1n) is 6.62. The van der Waals surface area contributed by atoms with Crippen LogP contribution in [0.15, 0.2) is 47.5 Å². The fourth-order valence-electron chi connectivity index (χ4n) is 1.96. The third kappa shape index (κ3) is 3.70. The zero-order valence-electron chi connectivity index (χ0n) is 12.1. The van der Waals surface area contributed by atoms with Crippen LogP contribution in [0.1, 0.15) is 27.0 Å². The van der Waals surface area contributed by atoms with Gasteiger partial charge in [0.15, 0.2) is 5.78 Å². The minimum absolute atomic E-state index is 0.0282. The Kier molecular flexibility index (Phi) is 4.76. The highest BCUT2D eigenvalue weighted by atomic mass is 35.5. The average molecular weight is 301 g/mol. The van der Waals surface area contributed by atoms with Crippen molar-refractivity contribution in [3.8, 4) is 0 Å². The normalized spacial score (nSPS) is 11.5. The van der Waals surface area contributed by atoms with Gasteiger partial charge < -0.3 is 5.73 Å². The third-order valence-electron chi connectivity index (χ3n) is 3.29. The van der Waals surface area contributed by atoms with E-state index in [0.717, 1.165) is 5.56 Å². The predicted octanol–water partition coefficient (Wildman–Crippen LogP) is 3.76. The molecular formula is C17H17ClN2O. The number of hydrogen-bond donors (Lipinski definition) is 1. The summed E-state index contributed by atoms with van der Waals surface area (Å²) in [5, 5.41) is 0. The molecule has 0 bridgehead atoms. The smallest absolute Gasteiger partial charge is 0.193 e. The minimum Gasteiger partial charge on any atom is -0.386 e. The molecule has 2 aromatic carbocycles. The van der Waals surface area contributed by atoms with E-state index >= 15 is 0 Å². The molecule has 0 aliphatic rings. The number of aryl methyl sites for hydroxylation is 2. The quantitative estimate of drug-likeness (QED) is 0.404. The summed E-state index contributed by atoms with van der Waals surface area (Å²) in [5.41, 5.74) is 9.76. The number of amidine groups is 1. The number of aliphatic imine (C=N–C) groups is 1. The maximum absolute atomic E-state index is 12.5. The summed E-state index contributed by atoms with van der Waals surface area (Å²) in [7, 11) is 0. The van der Waals surface area contributed by atoms with Crippen molar-refractivity contribution in [3.63, 3.8) is 0 Å². The Bertz CT molecular complexity index is 708. The summed E-state index contributed by atoms with van der Waals surface area (Å²) in [6, 6.07) is 12.8. The number of nitrogens with zero attached hydrogens (tertiary/aromatic N) is 1. The number of nitrogens with two attached hydrogens (primary N) is 1. The van der Waals surface area contributed by atoms with Crippen molar-refractivity contribution in [1.29, 1.82) is 0 Å². The molecule has 4 heteroatoms. The highest BCUT2D eigenvalue weighted by Crippen LogP contribution is 2.19. The molecule has 0 atom stereocenters. The molecular weight excluding hydrogens is 284 g/mol. The second-order valence-electron chi connectivity index (χ2n) is 4.92. The monoisotopic (exact) mass is 300 g/mol. The van der Waals surface area contributed by atoms with Crippen LogP contribution in [0.5, 0.6) is 0 Å². The standard InChI is InChI=1S/C17H17ClN2O/c1-11-6-7-14(8-12(11)2)17(21)13-4-3-5-15(9-13)20-16(19)10-18/h3-9H,10H2,1-2H3,(H2,19,20). The van der Waals surface area contributed by atoms with Crippen molar-refractivity contribution in [1.82, 2.24) is 0 Å². The Balaban J connectivity index is 2.35. The Morgan fingerprint density at radius 1 is 1.10 bits per heavy atom. The Hall–Kier alpha value is -2.13. The molecule has 2 N–H and O–H groups in total. The SMILES string of the molecule is Cc1ccc(C(=O)c2cccc(N=C(N)CCl)c2)cc1C. The molecule has 2 rings (SSSR count). The topological polar surface area (TPSA) is 55.5 Å². The fourth-order valence-corrected chi connectivity index (χ4v) is 2.02. The van der Waals surface area contributed by atoms with Crippen LogP contribution in [-0.2, 0) is 0 Å². The largest absolute Gasteiger partial charge is 0.386 e. The second kappa shape index (κ2) is 6.55. The summed E-state index contributed by atoms with van der Waals surface area (Å²) < 4.78 is 0. The average Bonchev–Trinajstić information content (AvgIpc) is 2.49. The number of halogens is 1. The number of carbonyl (C=O) groups excluding carboxylic acids is 1. The number of carbonyl (C=O) groups is 1. The van der Waals surface area contributed by atoms with Crippen LogP contribution in [0.3, 0.4) is 0 Å². The van der Waals surface area contributed by atoms with Crippen LogP contribution >= 0.6 is 11.6 Å². The zero-order chi connectivity index (χ0) is 15.4. The highest BCUT2D eigenvalue weighted by Gasteiger charge is 2.10. The second-order valence-corrected chi connectivity index (χ2v) is 5.18. The first-order valence-corrected chi connectivity index (χ1v) is 7.15. The molecule has 3 nitrogen and oxygen atoms in total. The molecule has 0 heterocycles. The van der Waals surface area contributed by atoms with Gasteiger partial charge in [-0.15, -0.1) is 11.6 Å². The van der Waals surface area contributed by atoms with Gasteiger partial charge in [-0.25, -0.2) is 4.99 Å². The zero-order valence-corrected chi connectivity index (χ0v) is 12.8. The van der Waals surface area contributed by atoms with E-state index in [1.54, 1.807) is 24.3 Å². The van der Waals surface area contributed by atoms with E-state index < -0.39 is 0 Å². The lowest BCUT2D eigenvalue weighted by Crippen LogP contribution is -2.12. The van der Waals surface area contributed by atoms with Crippen LogP contribution in [0.25, 0.3) is 0 Å². The van der Waals surface area contributed by atoms with Gasteiger partial charge in [0.25, 0.3) is 0 Å². The maximum atomic E-state index is 12.5. The molecule has 0 saturated carbocycles. The Labute approximate surface area is 129 Å². The van der Waals surface area contributed by atoms with Crippen molar-refractivity contribution >= 4 is 28.9 Å². The van der Waals surface area contributed by atoms with Gasteiger partial charge in [-0.05, 0) is 43.2 Å². The van der Waals surface area contributed by atoms with Gasteiger partial charge in [-0.1, -0.05) is 24.3 Å². The summed E-state index contributed by atoms with van der Waals surface area (Å²) in [4.78, 5) is 16.7. The molecule has 0 amide bonds. The van der Waals surface area contributed by atoms with E-state index in [1.807, 2.05) is 32.0 Å². The number of hydrogen-bond acceptors (Lipinski definition) is 2. The van der Waals surface area contributed by atoms with Crippen LogP contribution in [0.2, 0.25) is 0 Å². The number of rotatable bonds is 4. The van der Waals surface area contributed by atoms with Crippen molar-refractivity contribution in [2.24, 2.45) is 10.7 Å². The van der Waals surface area contributed by atoms with Gasteiger partial charge in [0.1, 0.15) is 5.84 Å². The summed E-state index contributed by atoms with van der Waals surface area (Å²) >= 11 is 5.61. The van der Waals surface area contributed by atoms with Crippen LogP contribution < -0.4 is 5.73 Å². The van der Waals surface area contributed by atoms with E-state index in [4.69, 9.17) is 17.3 Å². The first kappa shape index (κ1) is 15.3. The fraction of sp³-hybridized carbons (Fsp3) is 0.176. The lowest BCUT2D eigenvalue weighted by molar-refractivity contribution is 0.103. The van der Waals surface area contributed by atoms with Gasteiger partial charge in [-0.2, -0.15) is 0 Å². The van der Waals surface area contributed by atoms with E-state index in [-0.39, 0.29) is 11.7 Å². The molecule has 0 aromatic heterocycles. The molecule has 0 saturated heterocycles. The van der Waals surface area contributed by atoms with Crippen molar-refractivity contribution in [3.05, 3.63) is 64.7 Å². The molecule has 0 radical (unpaired) electrons. The van der Waals surface area contributed by atoms with Crippen molar-refractivity contribution in [2.45, 2.75) is 13.8 Å². The maximum Gasteiger partial charge on any atom is 0.193 e. The predicted molar refractivity (Wildman–Crippen MR) is 87.8 cm³/mol. The Morgan fingerprint density at radius 2 is 1.81 bits per heavy atom. The number of ketones is 1. The van der Waals surface area contributed by atoms with Crippen molar-refractivity contribution < 1.29 is 4.79 Å². The molecule has 0 fully saturated rings. The van der Waals surface area contributed by atoms with E-state index in [2.05, 4.69) is 4.99 Å². The molecule has 0 aliphatic carbocycles. The first-order chi connectivity index (χ1) is 10.0. The van der Waals surface area contributed by atoms with Gasteiger partial charge >= 0.3 is 0 Å². The lowest BCUT2D eigenvalue weighted by Gasteiger charge is -2.06. The molecule has 0 aliphatic heterocycles. The van der Waals surface area contributed by atoms with Gasteiger partial charge in [0.2, 0.25) is 0 Å². The summed E-state index contributed by atoms with van der Waals surface area (Å²) in [5.74, 6) is 0.460. The van der Waals surface area contributed by atoms with Crippen molar-refractivity contribution in [2.75, 3.05) is 5.88 Å².